The summed E-state index contributed by atoms with van der Waals surface area (Å²) in [6, 6.07) is 15.7. The highest BCUT2D eigenvalue weighted by Crippen LogP contribution is 2.50. The molecule has 3 aliphatic rings. The topological polar surface area (TPSA) is 18.5 Å². The van der Waals surface area contributed by atoms with E-state index in [0.29, 0.717) is 6.17 Å². The molecule has 1 saturated heterocycles. The molecule has 3 nitrogen and oxygen atoms in total. The van der Waals surface area contributed by atoms with Crippen molar-refractivity contribution < 1.29 is 0 Å². The molecule has 1 N–H and O–H groups in total. The average Bonchev–Trinajstić information content (AvgIpc) is 3.27. The number of anilines is 2. The Morgan fingerprint density at radius 3 is 2.57 bits per heavy atom. The van der Waals surface area contributed by atoms with Crippen molar-refractivity contribution in [1.29, 1.82) is 0 Å². The van der Waals surface area contributed by atoms with Gasteiger partial charge in [0.2, 0.25) is 0 Å². The van der Waals surface area contributed by atoms with E-state index >= 15 is 0 Å². The molecule has 0 aromatic heterocycles. The number of likely N-dealkylation sites (tertiary alicyclic amines) is 1. The summed E-state index contributed by atoms with van der Waals surface area (Å²) in [7, 11) is 0. The van der Waals surface area contributed by atoms with Crippen LogP contribution in [0.2, 0.25) is 0 Å². The maximum absolute atomic E-state index is 5.79. The second-order valence-electron chi connectivity index (χ2n) is 8.76. The molecule has 2 aromatic carbocycles. The normalized spacial score (nSPS) is 19.7. The van der Waals surface area contributed by atoms with Crippen LogP contribution >= 0.6 is 24.0 Å². The fourth-order valence-corrected chi connectivity index (χ4v) is 6.19. The third-order valence-corrected chi connectivity index (χ3v) is 8.34. The molecule has 0 amide bonds. The molecular weight excluding hydrogens is 406 g/mol. The molecule has 2 aromatic rings. The van der Waals surface area contributed by atoms with Crippen LogP contribution in [0.15, 0.2) is 52.3 Å². The second kappa shape index (κ2) is 8.89. The number of rotatable bonds is 6. The van der Waals surface area contributed by atoms with Crippen molar-refractivity contribution in [2.24, 2.45) is 5.92 Å². The standard InChI is InChI=1S/C25H31N3S2/c1-2-24(27-14-5-6-15-27)28-20-10-3-4-11-22(20)30-23-13-12-19(16-21(23)28)25(29)26-17-18-8-7-9-18/h3-4,10-13,16,18,24H,2,5-9,14-15,17H2,1H3,(H,26,29). The van der Waals surface area contributed by atoms with Crippen LogP contribution < -0.4 is 10.2 Å². The van der Waals surface area contributed by atoms with Gasteiger partial charge < -0.3 is 10.2 Å². The Bertz CT molecular complexity index is 918. The largest absolute Gasteiger partial charge is 0.376 e. The molecule has 0 bridgehead atoms. The Hall–Kier alpha value is -1.56. The zero-order chi connectivity index (χ0) is 20.5. The third kappa shape index (κ3) is 3.88. The molecule has 158 valence electrons. The lowest BCUT2D eigenvalue weighted by molar-refractivity contribution is 0.239. The molecule has 2 heterocycles. The van der Waals surface area contributed by atoms with Crippen LogP contribution in [-0.4, -0.2) is 35.7 Å². The molecule has 0 spiro atoms. The van der Waals surface area contributed by atoms with Crippen molar-refractivity contribution >= 4 is 40.3 Å². The molecule has 0 radical (unpaired) electrons. The minimum Gasteiger partial charge on any atom is -0.376 e. The van der Waals surface area contributed by atoms with E-state index in [9.17, 15) is 0 Å². The van der Waals surface area contributed by atoms with Gasteiger partial charge in [-0.3, -0.25) is 4.90 Å². The van der Waals surface area contributed by atoms with Gasteiger partial charge in [-0.1, -0.05) is 55.5 Å². The summed E-state index contributed by atoms with van der Waals surface area (Å²) >= 11 is 7.67. The van der Waals surface area contributed by atoms with Gasteiger partial charge in [0.25, 0.3) is 0 Å². The first-order valence-electron chi connectivity index (χ1n) is 11.5. The van der Waals surface area contributed by atoms with Crippen molar-refractivity contribution in [2.45, 2.75) is 61.4 Å². The van der Waals surface area contributed by atoms with Crippen LogP contribution in [0.5, 0.6) is 0 Å². The number of nitrogens with one attached hydrogen (secondary N) is 1. The summed E-state index contributed by atoms with van der Waals surface area (Å²) in [6.45, 7) is 5.73. The van der Waals surface area contributed by atoms with Gasteiger partial charge >= 0.3 is 0 Å². The van der Waals surface area contributed by atoms with Crippen LogP contribution in [0.1, 0.15) is 51.0 Å². The molecule has 2 aliphatic heterocycles. The highest BCUT2D eigenvalue weighted by atomic mass is 32.2. The molecule has 30 heavy (non-hydrogen) atoms. The van der Waals surface area contributed by atoms with Crippen LogP contribution in [-0.2, 0) is 0 Å². The van der Waals surface area contributed by atoms with Gasteiger partial charge in [-0.2, -0.15) is 0 Å². The Balaban J connectivity index is 1.49. The van der Waals surface area contributed by atoms with Gasteiger partial charge in [-0.05, 0) is 62.3 Å². The van der Waals surface area contributed by atoms with Crippen molar-refractivity contribution in [3.8, 4) is 0 Å². The second-order valence-corrected chi connectivity index (χ2v) is 10.3. The first-order valence-corrected chi connectivity index (χ1v) is 12.7. The SMILES string of the molecule is CCC(N1CCCC1)N1c2ccccc2Sc2ccc(C(=S)NCC3CCC3)cc21. The average molecular weight is 438 g/mol. The summed E-state index contributed by atoms with van der Waals surface area (Å²) in [5, 5.41) is 3.54. The number of thiocarbonyl (C=S) groups is 1. The Morgan fingerprint density at radius 1 is 1.07 bits per heavy atom. The predicted octanol–water partition coefficient (Wildman–Crippen LogP) is 6.19. The van der Waals surface area contributed by atoms with E-state index in [1.165, 1.54) is 66.4 Å². The fourth-order valence-electron chi connectivity index (χ4n) is 4.92. The zero-order valence-corrected chi connectivity index (χ0v) is 19.4. The number of benzene rings is 2. The number of fused-ring (bicyclic) bond motifs is 2. The van der Waals surface area contributed by atoms with E-state index in [-0.39, 0.29) is 0 Å². The van der Waals surface area contributed by atoms with Crippen LogP contribution in [0.4, 0.5) is 11.4 Å². The minimum atomic E-state index is 0.389. The summed E-state index contributed by atoms with van der Waals surface area (Å²) in [5.41, 5.74) is 3.78. The lowest BCUT2D eigenvalue weighted by Crippen LogP contribution is -2.45. The van der Waals surface area contributed by atoms with Crippen molar-refractivity contribution in [1.82, 2.24) is 10.2 Å². The summed E-state index contributed by atoms with van der Waals surface area (Å²) < 4.78 is 0. The Morgan fingerprint density at radius 2 is 1.83 bits per heavy atom. The van der Waals surface area contributed by atoms with Crippen LogP contribution in [0, 0.1) is 5.92 Å². The van der Waals surface area contributed by atoms with E-state index in [0.717, 1.165) is 29.4 Å². The highest BCUT2D eigenvalue weighted by Gasteiger charge is 2.33. The third-order valence-electron chi connectivity index (χ3n) is 6.83. The van der Waals surface area contributed by atoms with Gasteiger partial charge in [0.1, 0.15) is 4.99 Å². The maximum Gasteiger partial charge on any atom is 0.106 e. The van der Waals surface area contributed by atoms with E-state index in [1.54, 1.807) is 0 Å². The maximum atomic E-state index is 5.79. The molecule has 1 atom stereocenters. The van der Waals surface area contributed by atoms with Crippen LogP contribution in [0.3, 0.4) is 0 Å². The van der Waals surface area contributed by atoms with Crippen LogP contribution in [0.25, 0.3) is 0 Å². The number of para-hydroxylation sites is 1. The first-order chi connectivity index (χ1) is 14.7. The molecule has 2 fully saturated rings. The van der Waals surface area contributed by atoms with E-state index in [4.69, 9.17) is 12.2 Å². The molecule has 1 saturated carbocycles. The number of hydrogen-bond donors (Lipinski definition) is 1. The lowest BCUT2D eigenvalue weighted by Gasteiger charge is -2.42. The van der Waals surface area contributed by atoms with Crippen molar-refractivity contribution in [3.63, 3.8) is 0 Å². The predicted molar refractivity (Wildman–Crippen MR) is 131 cm³/mol. The molecule has 5 rings (SSSR count). The number of hydrogen-bond acceptors (Lipinski definition) is 4. The zero-order valence-electron chi connectivity index (χ0n) is 17.8. The van der Waals surface area contributed by atoms with Crippen molar-refractivity contribution in [2.75, 3.05) is 24.5 Å². The fraction of sp³-hybridized carbons (Fsp3) is 0.480. The van der Waals surface area contributed by atoms with Gasteiger partial charge in [0, 0.05) is 35.0 Å². The smallest absolute Gasteiger partial charge is 0.106 e. The molecule has 1 aliphatic carbocycles. The van der Waals surface area contributed by atoms with E-state index < -0.39 is 0 Å². The molecule has 1 unspecified atom stereocenters. The summed E-state index contributed by atoms with van der Waals surface area (Å²) in [6.07, 6.45) is 8.17. The Labute approximate surface area is 190 Å². The monoisotopic (exact) mass is 437 g/mol. The van der Waals surface area contributed by atoms with E-state index in [1.807, 2.05) is 11.8 Å². The van der Waals surface area contributed by atoms with Gasteiger partial charge in [-0.25, -0.2) is 0 Å². The Kier molecular flexibility index (Phi) is 6.03. The summed E-state index contributed by atoms with van der Waals surface area (Å²) in [4.78, 5) is 8.82. The number of nitrogens with zero attached hydrogens (tertiary/aromatic N) is 2. The molecular formula is C25H31N3S2. The van der Waals surface area contributed by atoms with E-state index in [2.05, 4.69) is 64.5 Å². The minimum absolute atomic E-state index is 0.389. The van der Waals surface area contributed by atoms with Gasteiger partial charge in [0.15, 0.2) is 0 Å². The molecule has 5 heteroatoms. The van der Waals surface area contributed by atoms with Crippen molar-refractivity contribution in [3.05, 3.63) is 48.0 Å². The van der Waals surface area contributed by atoms with Gasteiger partial charge in [-0.15, -0.1) is 0 Å². The highest BCUT2D eigenvalue weighted by molar-refractivity contribution is 7.99. The quantitative estimate of drug-likeness (QED) is 0.542. The lowest BCUT2D eigenvalue weighted by atomic mass is 9.85. The first kappa shape index (κ1) is 20.3. The summed E-state index contributed by atoms with van der Waals surface area (Å²) in [5.74, 6) is 0.805. The van der Waals surface area contributed by atoms with Gasteiger partial charge in [0.05, 0.1) is 17.5 Å².